The maximum absolute atomic E-state index is 10.3. The van der Waals surface area contributed by atoms with Crippen LogP contribution in [0.5, 0.6) is 0 Å². The van der Waals surface area contributed by atoms with Gasteiger partial charge in [0.2, 0.25) is 5.69 Å². The molecule has 14 nitrogen and oxygen atoms in total. The first-order chi connectivity index (χ1) is 24.5. The van der Waals surface area contributed by atoms with Gasteiger partial charge in [-0.2, -0.15) is 5.26 Å². The summed E-state index contributed by atoms with van der Waals surface area (Å²) in [6.07, 6.45) is 3.43. The van der Waals surface area contributed by atoms with Crippen LogP contribution < -0.4 is 21.4 Å². The third kappa shape index (κ3) is 5.05. The second-order valence-electron chi connectivity index (χ2n) is 10.3. The summed E-state index contributed by atoms with van der Waals surface area (Å²) in [4.78, 5) is 45.6. The first kappa shape index (κ1) is 30.1. The van der Waals surface area contributed by atoms with Crippen molar-refractivity contribution < 1.29 is 0 Å². The number of nitriles is 3. The van der Waals surface area contributed by atoms with Gasteiger partial charge >= 0.3 is 11.4 Å². The highest BCUT2D eigenvalue weighted by molar-refractivity contribution is 5.77. The number of pyridine rings is 1. The van der Waals surface area contributed by atoms with Gasteiger partial charge in [-0.1, -0.05) is 36.4 Å². The Morgan fingerprint density at radius 2 is 1.18 bits per heavy atom. The zero-order chi connectivity index (χ0) is 34.8. The van der Waals surface area contributed by atoms with E-state index in [0.717, 1.165) is 11.1 Å². The lowest BCUT2D eigenvalue weighted by Gasteiger charge is -2.10. The van der Waals surface area contributed by atoms with Crippen LogP contribution in [0.4, 0.5) is 5.69 Å². The van der Waals surface area contributed by atoms with Gasteiger partial charge in [0.05, 0.1) is 53.5 Å². The van der Waals surface area contributed by atoms with E-state index >= 15 is 0 Å². The normalized spacial score (nSPS) is 13.8. The molecule has 0 saturated carbocycles. The summed E-state index contributed by atoms with van der Waals surface area (Å²) in [5, 5.41) is 30.0. The van der Waals surface area contributed by atoms with Crippen LogP contribution in [0.15, 0.2) is 116 Å². The molecule has 0 bridgehead atoms. The molecule has 0 aliphatic carbocycles. The number of hydrogen-bond donors (Lipinski definition) is 0. The van der Waals surface area contributed by atoms with Gasteiger partial charge in [-0.25, -0.2) is 60.0 Å². The summed E-state index contributed by atoms with van der Waals surface area (Å²) in [7, 11) is 0. The Balaban J connectivity index is 1.47. The number of aromatic nitrogens is 4. The molecule has 0 unspecified atom stereocenters. The zero-order valence-electron chi connectivity index (χ0n) is 25.2. The number of hydrogen-bond acceptors (Lipinski definition) is 11. The molecule has 2 aliphatic heterocycles. The van der Waals surface area contributed by atoms with E-state index in [1.54, 1.807) is 48.8 Å². The summed E-state index contributed by atoms with van der Waals surface area (Å²) < 4.78 is 0. The molecule has 0 saturated heterocycles. The largest absolute Gasteiger partial charge is 0.305 e. The van der Waals surface area contributed by atoms with Gasteiger partial charge in [0.25, 0.3) is 0 Å². The second kappa shape index (κ2) is 12.3. The summed E-state index contributed by atoms with van der Waals surface area (Å²) in [5.41, 5.74) is 2.45. The molecular weight excluding hydrogens is 628 g/mol. The van der Waals surface area contributed by atoms with E-state index in [9.17, 15) is 15.8 Å². The molecule has 7 rings (SSSR count). The van der Waals surface area contributed by atoms with Crippen LogP contribution in [0.2, 0.25) is 0 Å². The molecule has 226 valence electrons. The minimum absolute atomic E-state index is 0.0414. The van der Waals surface area contributed by atoms with Gasteiger partial charge in [-0.15, -0.1) is 0 Å². The molecule has 0 N–H and O–H groups in total. The number of fused-ring (bicyclic) bond motifs is 2. The van der Waals surface area contributed by atoms with Gasteiger partial charge in [-0.3, -0.25) is 4.98 Å². The van der Waals surface area contributed by atoms with E-state index in [-0.39, 0.29) is 73.6 Å². The number of rotatable bonds is 4. The van der Waals surface area contributed by atoms with E-state index in [0.29, 0.717) is 16.3 Å². The zero-order valence-corrected chi connectivity index (χ0v) is 25.2. The average molecular weight is 641 g/mol. The van der Waals surface area contributed by atoms with E-state index in [1.165, 1.54) is 0 Å². The van der Waals surface area contributed by atoms with Gasteiger partial charge in [0.1, 0.15) is 11.4 Å². The predicted octanol–water partition coefficient (Wildman–Crippen LogP) is 4.09. The fourth-order valence-corrected chi connectivity index (χ4v) is 5.19. The first-order valence-corrected chi connectivity index (χ1v) is 14.3. The van der Waals surface area contributed by atoms with E-state index < -0.39 is 0 Å². The van der Waals surface area contributed by atoms with Gasteiger partial charge in [0.15, 0.2) is 29.1 Å². The quantitative estimate of drug-likeness (QED) is 0.209. The summed E-state index contributed by atoms with van der Waals surface area (Å²) in [5.74, 6) is 0.198. The van der Waals surface area contributed by atoms with Crippen LogP contribution in [0.3, 0.4) is 0 Å². The third-order valence-corrected chi connectivity index (χ3v) is 7.51. The smallest absolute Gasteiger partial charge is 0.264 e. The molecule has 0 spiro atoms. The van der Waals surface area contributed by atoms with Crippen LogP contribution in [-0.2, 0) is 0 Å². The van der Waals surface area contributed by atoms with Crippen molar-refractivity contribution in [1.82, 2.24) is 19.9 Å². The van der Waals surface area contributed by atoms with Crippen LogP contribution >= 0.6 is 0 Å². The fourth-order valence-electron chi connectivity index (χ4n) is 5.19. The lowest BCUT2D eigenvalue weighted by atomic mass is 10.0. The Hall–Kier alpha value is -8.56. The highest BCUT2D eigenvalue weighted by Gasteiger charge is 2.22. The maximum Gasteiger partial charge on any atom is 0.305 e. The molecule has 0 radical (unpaired) electrons. The van der Waals surface area contributed by atoms with E-state index in [1.807, 2.05) is 36.4 Å². The van der Waals surface area contributed by atoms with Crippen molar-refractivity contribution in [1.29, 1.82) is 15.8 Å². The molecule has 4 heterocycles. The Morgan fingerprint density at radius 1 is 0.600 bits per heavy atom. The van der Waals surface area contributed by atoms with Gasteiger partial charge < -0.3 is 0 Å². The lowest BCUT2D eigenvalue weighted by Crippen LogP contribution is -2.26. The van der Waals surface area contributed by atoms with Crippen molar-refractivity contribution in [3.8, 4) is 63.5 Å². The molecule has 2 aliphatic rings. The molecule has 0 amide bonds. The Labute approximate surface area is 281 Å². The Bertz CT molecular complexity index is 2730. The van der Waals surface area contributed by atoms with Crippen LogP contribution in [-0.4, -0.2) is 19.9 Å². The number of benzene rings is 3. The average Bonchev–Trinajstić information content (AvgIpc) is 3.80. The van der Waals surface area contributed by atoms with Crippen molar-refractivity contribution in [3.63, 3.8) is 0 Å². The molecule has 50 heavy (non-hydrogen) atoms. The summed E-state index contributed by atoms with van der Waals surface area (Å²) in [6.45, 7) is 22.6. The highest BCUT2D eigenvalue weighted by Crippen LogP contribution is 2.30. The molecule has 0 atom stereocenters. The van der Waals surface area contributed by atoms with E-state index in [2.05, 4.69) is 45.6 Å². The van der Waals surface area contributed by atoms with Crippen LogP contribution in [0.25, 0.3) is 59.8 Å². The molecule has 0 fully saturated rings. The van der Waals surface area contributed by atoms with Gasteiger partial charge in [-0.05, 0) is 35.4 Å². The number of nitrogens with zero attached hydrogens (tertiary/aromatic N) is 14. The minimum atomic E-state index is -0.317. The SMILES string of the molecule is [C-]#[N+]/C(C#N)=C1/N=c2ccc(-c3nc(-c4ccc(-c5cccnc5)cc4)nc(-c4ccc5c(c4C#N)=N/C(=C(\C#N)[N+]#[C-])N=5)n3)c([N+]#[C-])c2=N1. The Kier molecular flexibility index (Phi) is 7.42. The molecule has 3 aromatic carbocycles. The Morgan fingerprint density at radius 3 is 1.76 bits per heavy atom. The summed E-state index contributed by atoms with van der Waals surface area (Å²) >= 11 is 0. The maximum atomic E-state index is 10.3. The van der Waals surface area contributed by atoms with Crippen LogP contribution in [0, 0.1) is 53.7 Å². The standard InChI is InChI=1S/C36H12N14/c1-40-27(16-38)35-44-25-12-10-22(24(15-37)29(25)46-35)33-48-32(20-8-6-19(7-9-20)21-5-4-14-43-18-21)49-34(50-33)23-11-13-26-31(30(23)42-3)47-36(45-26)28(17-39)41-2/h4-14,18H/b35-27+,36-28-. The monoisotopic (exact) mass is 640 g/mol. The topological polar surface area (TPSA) is 185 Å². The second-order valence-corrected chi connectivity index (χ2v) is 10.3. The fraction of sp³-hybridized carbons (Fsp3) is 0. The molecule has 2 aromatic heterocycles. The van der Waals surface area contributed by atoms with Crippen molar-refractivity contribution in [2.45, 2.75) is 0 Å². The van der Waals surface area contributed by atoms with Crippen molar-refractivity contribution in [3.05, 3.63) is 157 Å². The van der Waals surface area contributed by atoms with Crippen molar-refractivity contribution in [2.24, 2.45) is 20.0 Å². The highest BCUT2D eigenvalue weighted by atomic mass is 15.1. The van der Waals surface area contributed by atoms with Crippen molar-refractivity contribution >= 4 is 5.69 Å². The third-order valence-electron chi connectivity index (χ3n) is 7.51. The number of allylic oxidation sites excluding steroid dienone is 2. The molecular formula is C36H12N14. The first-order valence-electron chi connectivity index (χ1n) is 14.3. The van der Waals surface area contributed by atoms with Crippen molar-refractivity contribution in [2.75, 3.05) is 0 Å². The molecule has 14 heteroatoms. The molecule has 5 aromatic rings. The predicted molar refractivity (Wildman–Crippen MR) is 173 cm³/mol. The minimum Gasteiger partial charge on any atom is -0.264 e. The van der Waals surface area contributed by atoms with E-state index in [4.69, 9.17) is 34.7 Å². The van der Waals surface area contributed by atoms with Crippen LogP contribution in [0.1, 0.15) is 5.56 Å². The lowest BCUT2D eigenvalue weighted by molar-refractivity contribution is 1.07. The summed E-state index contributed by atoms with van der Waals surface area (Å²) in [6, 6.07) is 23.3. The van der Waals surface area contributed by atoms with Gasteiger partial charge in [0, 0.05) is 29.1 Å².